The van der Waals surface area contributed by atoms with E-state index in [9.17, 15) is 0 Å². The number of hydrogen-bond acceptors (Lipinski definition) is 4. The van der Waals surface area contributed by atoms with Crippen molar-refractivity contribution < 1.29 is 4.74 Å². The molecule has 0 radical (unpaired) electrons. The minimum Gasteiger partial charge on any atom is -0.494 e. The van der Waals surface area contributed by atoms with Crippen LogP contribution in [-0.4, -0.2) is 16.3 Å². The normalized spacial score (nSPS) is 10.9. The quantitative estimate of drug-likeness (QED) is 0.827. The molecule has 0 saturated carbocycles. The second-order valence-corrected chi connectivity index (χ2v) is 4.69. The van der Waals surface area contributed by atoms with Crippen molar-refractivity contribution in [3.05, 3.63) is 30.1 Å². The third-order valence-corrected chi connectivity index (χ3v) is 2.93. The lowest BCUT2D eigenvalue weighted by Crippen LogP contribution is -2.16. The Bertz CT molecular complexity index is 558. The Morgan fingerprint density at radius 2 is 1.89 bits per heavy atom. The summed E-state index contributed by atoms with van der Waals surface area (Å²) >= 11 is 0. The van der Waals surface area contributed by atoms with Crippen LogP contribution < -0.4 is 16.3 Å². The van der Waals surface area contributed by atoms with E-state index < -0.39 is 0 Å². The molecule has 1 aromatic heterocycles. The second kappa shape index (κ2) is 5.22. The van der Waals surface area contributed by atoms with Crippen LogP contribution in [-0.2, 0) is 0 Å². The highest BCUT2D eigenvalue weighted by Gasteiger charge is 2.16. The average molecular weight is 260 g/mol. The average Bonchev–Trinajstić information content (AvgIpc) is 2.68. The number of anilines is 1. The van der Waals surface area contributed by atoms with Gasteiger partial charge in [0.15, 0.2) is 5.82 Å². The standard InChI is InChI=1S/C14H20N4O/c1-4-19-11-7-5-10(6-8-11)12-13(15)18(16)14(17-12)9(2)3/h5-9H,4,15-16H2,1-3H3. The molecule has 0 aliphatic carbocycles. The van der Waals surface area contributed by atoms with Crippen LogP contribution in [0.1, 0.15) is 32.5 Å². The first-order valence-corrected chi connectivity index (χ1v) is 6.41. The van der Waals surface area contributed by atoms with E-state index in [-0.39, 0.29) is 5.92 Å². The fourth-order valence-electron chi connectivity index (χ4n) is 1.96. The molecule has 2 rings (SSSR count). The first-order chi connectivity index (χ1) is 9.04. The summed E-state index contributed by atoms with van der Waals surface area (Å²) in [5.74, 6) is 8.24. The van der Waals surface area contributed by atoms with Crippen molar-refractivity contribution in [3.63, 3.8) is 0 Å². The molecule has 5 nitrogen and oxygen atoms in total. The Balaban J connectivity index is 2.39. The van der Waals surface area contributed by atoms with E-state index in [0.717, 1.165) is 17.1 Å². The van der Waals surface area contributed by atoms with Crippen LogP contribution in [0.25, 0.3) is 11.3 Å². The summed E-state index contributed by atoms with van der Waals surface area (Å²) in [6.45, 7) is 6.67. The SMILES string of the molecule is CCOc1ccc(-c2nc(C(C)C)n(N)c2N)cc1. The van der Waals surface area contributed by atoms with Crippen LogP contribution in [0.5, 0.6) is 5.75 Å². The molecule has 0 spiro atoms. The van der Waals surface area contributed by atoms with E-state index >= 15 is 0 Å². The number of imidazole rings is 1. The molecule has 1 aromatic carbocycles. The summed E-state index contributed by atoms with van der Waals surface area (Å²) in [6, 6.07) is 7.69. The third-order valence-electron chi connectivity index (χ3n) is 2.93. The molecule has 0 saturated heterocycles. The molecule has 0 unspecified atom stereocenters. The number of rotatable bonds is 4. The maximum atomic E-state index is 6.01. The van der Waals surface area contributed by atoms with Crippen molar-refractivity contribution in [1.29, 1.82) is 0 Å². The number of nitrogens with two attached hydrogens (primary N) is 2. The number of benzene rings is 1. The van der Waals surface area contributed by atoms with Crippen LogP contribution >= 0.6 is 0 Å². The first kappa shape index (κ1) is 13.3. The molecular weight excluding hydrogens is 240 g/mol. The van der Waals surface area contributed by atoms with Gasteiger partial charge in [0.25, 0.3) is 0 Å². The van der Waals surface area contributed by atoms with Gasteiger partial charge in [0.1, 0.15) is 17.3 Å². The zero-order valence-corrected chi connectivity index (χ0v) is 11.6. The molecule has 2 aromatic rings. The van der Waals surface area contributed by atoms with Gasteiger partial charge in [-0.2, -0.15) is 0 Å². The van der Waals surface area contributed by atoms with E-state index in [0.29, 0.717) is 18.1 Å². The molecule has 102 valence electrons. The highest BCUT2D eigenvalue weighted by molar-refractivity contribution is 5.71. The number of hydrogen-bond donors (Lipinski definition) is 2. The number of nitrogens with zero attached hydrogens (tertiary/aromatic N) is 2. The molecule has 5 heteroatoms. The van der Waals surface area contributed by atoms with Gasteiger partial charge >= 0.3 is 0 Å². The molecule has 0 bridgehead atoms. The topological polar surface area (TPSA) is 79.1 Å². The number of nitrogen functional groups attached to an aromatic ring is 2. The van der Waals surface area contributed by atoms with Crippen molar-refractivity contribution in [3.8, 4) is 17.0 Å². The minimum atomic E-state index is 0.226. The van der Waals surface area contributed by atoms with Crippen LogP contribution in [0.4, 0.5) is 5.82 Å². The van der Waals surface area contributed by atoms with Gasteiger partial charge < -0.3 is 16.3 Å². The summed E-state index contributed by atoms with van der Waals surface area (Å²) in [4.78, 5) is 4.53. The van der Waals surface area contributed by atoms with Crippen molar-refractivity contribution >= 4 is 5.82 Å². The van der Waals surface area contributed by atoms with Crippen molar-refractivity contribution in [2.45, 2.75) is 26.7 Å². The maximum Gasteiger partial charge on any atom is 0.150 e. The van der Waals surface area contributed by atoms with Gasteiger partial charge in [0, 0.05) is 11.5 Å². The zero-order chi connectivity index (χ0) is 14.0. The molecule has 0 aliphatic heterocycles. The number of ether oxygens (including phenoxy) is 1. The molecule has 0 fully saturated rings. The Labute approximate surface area is 113 Å². The highest BCUT2D eigenvalue weighted by atomic mass is 16.5. The zero-order valence-electron chi connectivity index (χ0n) is 11.6. The van der Waals surface area contributed by atoms with Gasteiger partial charge in [-0.05, 0) is 31.2 Å². The summed E-state index contributed by atoms with van der Waals surface area (Å²) in [7, 11) is 0. The van der Waals surface area contributed by atoms with Gasteiger partial charge in [0.2, 0.25) is 0 Å². The summed E-state index contributed by atoms with van der Waals surface area (Å²) in [5, 5.41) is 0. The van der Waals surface area contributed by atoms with Gasteiger partial charge in [0.05, 0.1) is 6.61 Å². The molecule has 0 aliphatic rings. The third kappa shape index (κ3) is 2.50. The lowest BCUT2D eigenvalue weighted by Gasteiger charge is -2.04. The smallest absolute Gasteiger partial charge is 0.150 e. The molecule has 0 amide bonds. The van der Waals surface area contributed by atoms with Gasteiger partial charge in [-0.1, -0.05) is 13.8 Å². The Kier molecular flexibility index (Phi) is 3.64. The fourth-order valence-corrected chi connectivity index (χ4v) is 1.96. The summed E-state index contributed by atoms with van der Waals surface area (Å²) in [5.41, 5.74) is 7.67. The van der Waals surface area contributed by atoms with E-state index in [1.54, 1.807) is 0 Å². The highest BCUT2D eigenvalue weighted by Crippen LogP contribution is 2.28. The van der Waals surface area contributed by atoms with Crippen LogP contribution in [0.3, 0.4) is 0 Å². The second-order valence-electron chi connectivity index (χ2n) is 4.69. The monoisotopic (exact) mass is 260 g/mol. The predicted molar refractivity (Wildman–Crippen MR) is 77.5 cm³/mol. The van der Waals surface area contributed by atoms with Gasteiger partial charge in [-0.3, -0.25) is 0 Å². The van der Waals surface area contributed by atoms with E-state index in [1.165, 1.54) is 4.68 Å². The first-order valence-electron chi connectivity index (χ1n) is 6.41. The van der Waals surface area contributed by atoms with Crippen molar-refractivity contribution in [1.82, 2.24) is 9.66 Å². The van der Waals surface area contributed by atoms with Crippen molar-refractivity contribution in [2.75, 3.05) is 18.2 Å². The summed E-state index contributed by atoms with van der Waals surface area (Å²) < 4.78 is 6.87. The van der Waals surface area contributed by atoms with Gasteiger partial charge in [-0.15, -0.1) is 0 Å². The fraction of sp³-hybridized carbons (Fsp3) is 0.357. The van der Waals surface area contributed by atoms with E-state index in [4.69, 9.17) is 16.3 Å². The van der Waals surface area contributed by atoms with Gasteiger partial charge in [-0.25, -0.2) is 9.66 Å². The summed E-state index contributed by atoms with van der Waals surface area (Å²) in [6.07, 6.45) is 0. The molecule has 4 N–H and O–H groups in total. The lowest BCUT2D eigenvalue weighted by molar-refractivity contribution is 0.340. The lowest BCUT2D eigenvalue weighted by atomic mass is 10.1. The van der Waals surface area contributed by atoms with Crippen LogP contribution in [0.2, 0.25) is 0 Å². The van der Waals surface area contributed by atoms with Crippen molar-refractivity contribution in [2.24, 2.45) is 0 Å². The minimum absolute atomic E-state index is 0.226. The molecule has 1 heterocycles. The Morgan fingerprint density at radius 1 is 1.26 bits per heavy atom. The van der Waals surface area contributed by atoms with E-state index in [1.807, 2.05) is 45.0 Å². The maximum absolute atomic E-state index is 6.01. The Hall–Kier alpha value is -2.17. The molecule has 0 atom stereocenters. The Morgan fingerprint density at radius 3 is 2.37 bits per heavy atom. The largest absolute Gasteiger partial charge is 0.494 e. The van der Waals surface area contributed by atoms with Crippen LogP contribution in [0, 0.1) is 0 Å². The molecule has 19 heavy (non-hydrogen) atoms. The van der Waals surface area contributed by atoms with Crippen LogP contribution in [0.15, 0.2) is 24.3 Å². The molecular formula is C14H20N4O. The van der Waals surface area contributed by atoms with E-state index in [2.05, 4.69) is 4.98 Å². The number of aromatic nitrogens is 2. The predicted octanol–water partition coefficient (Wildman–Crippen LogP) is 2.37.